The van der Waals surface area contributed by atoms with Gasteiger partial charge in [0, 0.05) is 69.6 Å². The molecule has 5 saturated carbocycles. The Labute approximate surface area is 194 Å². The largest absolute Gasteiger partial charge is 0.390 e. The van der Waals surface area contributed by atoms with Crippen molar-refractivity contribution >= 4 is 5.78 Å². The molecular formula is C24H37NO8. The summed E-state index contributed by atoms with van der Waals surface area (Å²) in [5.74, 6) is -2.27. The lowest BCUT2D eigenvalue weighted by Crippen LogP contribution is -2.78. The van der Waals surface area contributed by atoms with E-state index in [1.165, 1.54) is 7.11 Å². The molecule has 3 N–H and O–H groups in total. The van der Waals surface area contributed by atoms with Crippen LogP contribution >= 0.6 is 0 Å². The van der Waals surface area contributed by atoms with Crippen LogP contribution in [0.3, 0.4) is 0 Å². The first-order valence-corrected chi connectivity index (χ1v) is 12.1. The molecule has 9 nitrogen and oxygen atoms in total. The van der Waals surface area contributed by atoms with Gasteiger partial charge in [-0.25, -0.2) is 0 Å². The molecule has 1 spiro atoms. The number of methoxy groups -OCH3 is 4. The molecule has 0 radical (unpaired) electrons. The number of ether oxygens (including phenoxy) is 4. The average molecular weight is 468 g/mol. The summed E-state index contributed by atoms with van der Waals surface area (Å²) in [6, 6.07) is -0.192. The number of nitrogens with zero attached hydrogens (tertiary/aromatic N) is 1. The van der Waals surface area contributed by atoms with Gasteiger partial charge in [0.2, 0.25) is 0 Å². The van der Waals surface area contributed by atoms with Gasteiger partial charge in [-0.1, -0.05) is 0 Å². The second-order valence-corrected chi connectivity index (χ2v) is 11.7. The molecule has 1 unspecified atom stereocenters. The molecule has 5 aliphatic carbocycles. The number of rotatable bonds is 5. The minimum absolute atomic E-state index is 0.0391. The van der Waals surface area contributed by atoms with Crippen LogP contribution < -0.4 is 0 Å². The van der Waals surface area contributed by atoms with Gasteiger partial charge in [0.1, 0.15) is 17.3 Å². The average Bonchev–Trinajstić information content (AvgIpc) is 3.16. The number of ketones is 1. The zero-order valence-electron chi connectivity index (χ0n) is 20.1. The highest BCUT2D eigenvalue weighted by Gasteiger charge is 2.89. The number of likely N-dealkylation sites (tertiary alicyclic amines) is 1. The zero-order valence-corrected chi connectivity index (χ0v) is 20.1. The standard InChI is InChI=1S/C24H37NO8/c1-25-9-21(10-30-2)7-6-12(31-3)23-11-8-22(28)18(26)13(11)24(29,19(27)20(22)33-5)14(17(23)25)15(32-4)16(21)23/h11-18,20,26,28-29H,6-10H2,1-5H3/t11-,12+,13-,14+,15+,16-,17?,18-,20+,21+,22-,23+,24-/m1/s1. The van der Waals surface area contributed by atoms with E-state index in [1.54, 1.807) is 21.3 Å². The highest BCUT2D eigenvalue weighted by atomic mass is 16.5. The summed E-state index contributed by atoms with van der Waals surface area (Å²) in [5, 5.41) is 35.5. The molecule has 6 fully saturated rings. The molecular weight excluding hydrogens is 430 g/mol. The number of piperidine rings is 1. The Hall–Kier alpha value is -0.650. The van der Waals surface area contributed by atoms with Crippen molar-refractivity contribution in [2.75, 3.05) is 48.6 Å². The first-order chi connectivity index (χ1) is 15.6. The maximum absolute atomic E-state index is 13.9. The molecule has 1 heterocycles. The van der Waals surface area contributed by atoms with Crippen molar-refractivity contribution in [1.82, 2.24) is 4.90 Å². The van der Waals surface area contributed by atoms with Crippen LogP contribution in [0.25, 0.3) is 0 Å². The summed E-state index contributed by atoms with van der Waals surface area (Å²) in [5.41, 5.74) is -4.34. The third-order valence-electron chi connectivity index (χ3n) is 11.0. The Morgan fingerprint density at radius 2 is 1.82 bits per heavy atom. The fourth-order valence-electron chi connectivity index (χ4n) is 10.7. The van der Waals surface area contributed by atoms with Crippen LogP contribution in [0.5, 0.6) is 0 Å². The molecule has 6 rings (SSSR count). The van der Waals surface area contributed by atoms with Crippen LogP contribution in [-0.4, -0.2) is 116 Å². The van der Waals surface area contributed by atoms with Gasteiger partial charge in [0.05, 0.1) is 24.9 Å². The van der Waals surface area contributed by atoms with E-state index < -0.39 is 52.5 Å². The van der Waals surface area contributed by atoms with E-state index in [-0.39, 0.29) is 35.8 Å². The topological polar surface area (TPSA) is 118 Å². The summed E-state index contributed by atoms with van der Waals surface area (Å²) < 4.78 is 23.7. The normalized spacial score (nSPS) is 61.0. The van der Waals surface area contributed by atoms with E-state index in [0.717, 1.165) is 19.4 Å². The molecule has 7 bridgehead atoms. The van der Waals surface area contributed by atoms with Crippen LogP contribution in [0.1, 0.15) is 19.3 Å². The van der Waals surface area contributed by atoms with Crippen molar-refractivity contribution in [3.63, 3.8) is 0 Å². The molecule has 1 saturated heterocycles. The van der Waals surface area contributed by atoms with Crippen LogP contribution in [0.15, 0.2) is 0 Å². The minimum atomic E-state index is -1.86. The zero-order chi connectivity index (χ0) is 23.7. The number of aliphatic hydroxyl groups is 3. The van der Waals surface area contributed by atoms with Gasteiger partial charge in [-0.05, 0) is 32.2 Å². The Balaban J connectivity index is 1.67. The van der Waals surface area contributed by atoms with Crippen molar-refractivity contribution < 1.29 is 39.1 Å². The van der Waals surface area contributed by atoms with Gasteiger partial charge in [0.25, 0.3) is 0 Å². The van der Waals surface area contributed by atoms with Crippen molar-refractivity contribution in [1.29, 1.82) is 0 Å². The molecule has 6 aliphatic rings. The lowest BCUT2D eigenvalue weighted by Gasteiger charge is -2.68. The first kappa shape index (κ1) is 22.8. The molecule has 0 aromatic rings. The van der Waals surface area contributed by atoms with Crippen molar-refractivity contribution in [3.05, 3.63) is 0 Å². The van der Waals surface area contributed by atoms with Crippen molar-refractivity contribution in [2.45, 2.75) is 60.9 Å². The second kappa shape index (κ2) is 6.76. The van der Waals surface area contributed by atoms with E-state index in [9.17, 15) is 20.1 Å². The van der Waals surface area contributed by atoms with Gasteiger partial charge in [-0.2, -0.15) is 0 Å². The lowest BCUT2D eigenvalue weighted by atomic mass is 9.43. The van der Waals surface area contributed by atoms with Gasteiger partial charge in [-0.3, -0.25) is 4.79 Å². The Kier molecular flexibility index (Phi) is 4.67. The van der Waals surface area contributed by atoms with E-state index in [1.807, 2.05) is 0 Å². The summed E-state index contributed by atoms with van der Waals surface area (Å²) >= 11 is 0. The van der Waals surface area contributed by atoms with Crippen LogP contribution in [-0.2, 0) is 23.7 Å². The van der Waals surface area contributed by atoms with Crippen LogP contribution in [0.4, 0.5) is 0 Å². The molecule has 0 aromatic heterocycles. The highest BCUT2D eigenvalue weighted by Crippen LogP contribution is 2.79. The van der Waals surface area contributed by atoms with Gasteiger partial charge in [-0.15, -0.1) is 0 Å². The Morgan fingerprint density at radius 1 is 1.09 bits per heavy atom. The van der Waals surface area contributed by atoms with Crippen molar-refractivity contribution in [2.24, 2.45) is 34.5 Å². The lowest BCUT2D eigenvalue weighted by molar-refractivity contribution is -0.269. The molecule has 186 valence electrons. The number of carbonyl (C=O) groups excluding carboxylic acids is 1. The first-order valence-electron chi connectivity index (χ1n) is 12.1. The number of aliphatic hydroxyl groups excluding tert-OH is 1. The molecule has 0 aromatic carbocycles. The predicted octanol–water partition coefficient (Wildman–Crippen LogP) is -0.940. The van der Waals surface area contributed by atoms with E-state index in [2.05, 4.69) is 11.9 Å². The minimum Gasteiger partial charge on any atom is -0.390 e. The fourth-order valence-corrected chi connectivity index (χ4v) is 10.7. The molecule has 1 aliphatic heterocycles. The highest BCUT2D eigenvalue weighted by molar-refractivity contribution is 5.95. The monoisotopic (exact) mass is 467 g/mol. The molecule has 13 atom stereocenters. The van der Waals surface area contributed by atoms with Crippen LogP contribution in [0.2, 0.25) is 0 Å². The van der Waals surface area contributed by atoms with E-state index in [0.29, 0.717) is 6.61 Å². The third-order valence-corrected chi connectivity index (χ3v) is 11.0. The SMILES string of the molecule is COC[C@@]12CC[C@H](OC)[C@]34C([C@H]([C@H](OC)[C@H]13)[C@@]1(O)C(=O)[C@H](OC)[C@@]3(O)C[C@@H]4[C@@H]1[C@H]3O)N(C)C2. The number of hydrogen-bond donors (Lipinski definition) is 3. The third kappa shape index (κ3) is 2.10. The summed E-state index contributed by atoms with van der Waals surface area (Å²) in [6.45, 7) is 1.31. The number of carbonyl (C=O) groups is 1. The summed E-state index contributed by atoms with van der Waals surface area (Å²) in [6.07, 6.45) is -1.24. The number of Topliss-reactive ketones (excluding diaryl/α,β-unsaturated/α-hetero) is 1. The number of hydrogen-bond acceptors (Lipinski definition) is 9. The van der Waals surface area contributed by atoms with Gasteiger partial charge in [0.15, 0.2) is 5.78 Å². The quantitative estimate of drug-likeness (QED) is 0.471. The smallest absolute Gasteiger partial charge is 0.196 e. The van der Waals surface area contributed by atoms with Crippen LogP contribution in [0, 0.1) is 34.5 Å². The molecule has 0 amide bonds. The van der Waals surface area contributed by atoms with E-state index in [4.69, 9.17) is 18.9 Å². The fraction of sp³-hybridized carbons (Fsp3) is 0.958. The van der Waals surface area contributed by atoms with Crippen molar-refractivity contribution in [3.8, 4) is 0 Å². The van der Waals surface area contributed by atoms with E-state index >= 15 is 0 Å². The molecule has 9 heteroatoms. The molecule has 33 heavy (non-hydrogen) atoms. The van der Waals surface area contributed by atoms with Gasteiger partial charge < -0.3 is 39.2 Å². The second-order valence-electron chi connectivity index (χ2n) is 11.7. The van der Waals surface area contributed by atoms with Gasteiger partial charge >= 0.3 is 0 Å². The summed E-state index contributed by atoms with van der Waals surface area (Å²) in [7, 11) is 8.51. The predicted molar refractivity (Wildman–Crippen MR) is 114 cm³/mol. The maximum atomic E-state index is 13.9. The maximum Gasteiger partial charge on any atom is 0.196 e. The summed E-state index contributed by atoms with van der Waals surface area (Å²) in [4.78, 5) is 16.2. The number of fused-ring (bicyclic) bond motifs is 2. The Morgan fingerprint density at radius 3 is 2.42 bits per heavy atom. The Bertz CT molecular complexity index is 871.